The summed E-state index contributed by atoms with van der Waals surface area (Å²) in [6.45, 7) is 2.68. The van der Waals surface area contributed by atoms with E-state index in [2.05, 4.69) is 5.32 Å². The first-order valence-electron chi connectivity index (χ1n) is 10.1. The lowest BCUT2D eigenvalue weighted by Gasteiger charge is -2.40. The van der Waals surface area contributed by atoms with Crippen molar-refractivity contribution in [3.05, 3.63) is 23.3 Å². The quantitative estimate of drug-likeness (QED) is 0.364. The average molecular weight is 420 g/mol. The Labute approximate surface area is 173 Å². The number of carboxylic acids is 1. The van der Waals surface area contributed by atoms with Crippen LogP contribution >= 0.6 is 0 Å². The molecule has 1 amide bonds. The lowest BCUT2D eigenvalue weighted by Crippen LogP contribution is -2.57. The number of phenols is 1. The van der Waals surface area contributed by atoms with Gasteiger partial charge in [-0.05, 0) is 24.0 Å². The highest BCUT2D eigenvalue weighted by atomic mass is 16.5. The number of likely N-dealkylation sites (tertiary alicyclic amines) is 1. The number of carboxylic acid groups (broad SMARTS) is 1. The summed E-state index contributed by atoms with van der Waals surface area (Å²) >= 11 is 0. The minimum absolute atomic E-state index is 0.0300. The normalized spacial score (nSPS) is 26.1. The predicted octanol–water partition coefficient (Wildman–Crippen LogP) is -0.611. The molecule has 4 rings (SSSR count). The lowest BCUT2D eigenvalue weighted by atomic mass is 9.81. The van der Waals surface area contributed by atoms with Gasteiger partial charge in [-0.25, -0.2) is 4.79 Å². The Kier molecular flexibility index (Phi) is 5.87. The molecule has 3 atom stereocenters. The Bertz CT molecular complexity index is 823. The molecule has 162 valence electrons. The Balaban J connectivity index is 1.36. The zero-order chi connectivity index (χ0) is 21.4. The molecule has 11 heteroatoms. The van der Waals surface area contributed by atoms with Crippen molar-refractivity contribution >= 4 is 19.0 Å². The Morgan fingerprint density at radius 1 is 1.30 bits per heavy atom. The molecule has 0 aromatic heterocycles. The second-order valence-electron chi connectivity index (χ2n) is 8.04. The van der Waals surface area contributed by atoms with Gasteiger partial charge in [0.1, 0.15) is 23.2 Å². The number of carbonyl (C=O) groups excluding carboxylic acids is 1. The van der Waals surface area contributed by atoms with Gasteiger partial charge in [-0.2, -0.15) is 0 Å². The number of aromatic hydroxyl groups is 1. The maximum atomic E-state index is 12.3. The number of nitrogens with zero attached hydrogens (tertiary/aromatic N) is 1. The maximum Gasteiger partial charge on any atom is 0.455 e. The molecule has 1 aromatic rings. The van der Waals surface area contributed by atoms with Crippen LogP contribution in [0.2, 0.25) is 5.82 Å². The minimum Gasteiger partial charge on any atom is -0.507 e. The molecule has 30 heavy (non-hydrogen) atoms. The van der Waals surface area contributed by atoms with Crippen LogP contribution in [0, 0.1) is 0 Å². The smallest absolute Gasteiger partial charge is 0.455 e. The first-order valence-corrected chi connectivity index (χ1v) is 10.1. The highest BCUT2D eigenvalue weighted by Crippen LogP contribution is 2.56. The molecule has 3 aliphatic rings. The van der Waals surface area contributed by atoms with Crippen molar-refractivity contribution in [1.82, 2.24) is 10.2 Å². The largest absolute Gasteiger partial charge is 0.507 e. The third-order valence-electron chi connectivity index (χ3n) is 5.91. The summed E-state index contributed by atoms with van der Waals surface area (Å²) < 4.78 is 11.3. The van der Waals surface area contributed by atoms with Gasteiger partial charge in [-0.15, -0.1) is 0 Å². The average Bonchev–Trinajstić information content (AvgIpc) is 3.45. The van der Waals surface area contributed by atoms with Gasteiger partial charge in [0.05, 0.1) is 32.2 Å². The van der Waals surface area contributed by atoms with Gasteiger partial charge in [0, 0.05) is 18.9 Å². The highest BCUT2D eigenvalue weighted by Gasteiger charge is 2.48. The van der Waals surface area contributed by atoms with E-state index in [0.717, 1.165) is 6.54 Å². The van der Waals surface area contributed by atoms with Crippen LogP contribution in [0.25, 0.3) is 0 Å². The monoisotopic (exact) mass is 420 g/mol. The number of amides is 1. The highest BCUT2D eigenvalue weighted by molar-refractivity contribution is 6.44. The van der Waals surface area contributed by atoms with Gasteiger partial charge in [0.2, 0.25) is 5.91 Å². The van der Waals surface area contributed by atoms with Crippen LogP contribution in [0.3, 0.4) is 0 Å². The summed E-state index contributed by atoms with van der Waals surface area (Å²) in [6.07, 6.45) is 0.243. The van der Waals surface area contributed by atoms with Gasteiger partial charge in [0.25, 0.3) is 0 Å². The van der Waals surface area contributed by atoms with Crippen molar-refractivity contribution in [1.29, 1.82) is 0 Å². The first kappa shape index (κ1) is 20.9. The van der Waals surface area contributed by atoms with E-state index >= 15 is 0 Å². The van der Waals surface area contributed by atoms with E-state index in [9.17, 15) is 29.9 Å². The van der Waals surface area contributed by atoms with E-state index in [0.29, 0.717) is 38.2 Å². The van der Waals surface area contributed by atoms with Crippen LogP contribution in [0.15, 0.2) is 12.1 Å². The van der Waals surface area contributed by atoms with E-state index in [4.69, 9.17) is 9.47 Å². The number of ether oxygens (including phenoxy) is 2. The van der Waals surface area contributed by atoms with Crippen molar-refractivity contribution < 1.29 is 39.3 Å². The number of hydrogen-bond donors (Lipinski definition) is 5. The van der Waals surface area contributed by atoms with Crippen LogP contribution in [-0.2, 0) is 9.53 Å². The molecule has 0 radical (unpaired) electrons. The van der Waals surface area contributed by atoms with Crippen molar-refractivity contribution in [2.45, 2.75) is 36.8 Å². The van der Waals surface area contributed by atoms with Crippen LogP contribution in [0.5, 0.6) is 11.5 Å². The summed E-state index contributed by atoms with van der Waals surface area (Å²) in [5.74, 6) is -2.48. The summed E-state index contributed by atoms with van der Waals surface area (Å²) in [7, 11) is -1.51. The second kappa shape index (κ2) is 8.42. The molecule has 1 aromatic carbocycles. The van der Waals surface area contributed by atoms with Gasteiger partial charge < -0.3 is 40.0 Å². The van der Waals surface area contributed by atoms with E-state index in [-0.39, 0.29) is 41.8 Å². The van der Waals surface area contributed by atoms with E-state index in [1.54, 1.807) is 11.0 Å². The van der Waals surface area contributed by atoms with Crippen LogP contribution in [0.1, 0.15) is 34.7 Å². The fraction of sp³-hybridized carbons (Fsp3) is 0.579. The van der Waals surface area contributed by atoms with E-state index in [1.165, 1.54) is 6.07 Å². The molecule has 2 heterocycles. The number of aromatic carboxylic acids is 1. The molecular weight excluding hydrogens is 395 g/mol. The molecule has 3 fully saturated rings. The summed E-state index contributed by atoms with van der Waals surface area (Å²) in [5, 5.41) is 41.7. The molecule has 1 unspecified atom stereocenters. The number of rotatable bonds is 7. The lowest BCUT2D eigenvalue weighted by molar-refractivity contribution is -0.143. The van der Waals surface area contributed by atoms with Crippen molar-refractivity contribution in [3.8, 4) is 11.5 Å². The van der Waals surface area contributed by atoms with Crippen LogP contribution in [-0.4, -0.2) is 89.1 Å². The van der Waals surface area contributed by atoms with Gasteiger partial charge >= 0.3 is 13.1 Å². The maximum absolute atomic E-state index is 12.3. The van der Waals surface area contributed by atoms with Crippen molar-refractivity contribution in [2.75, 3.05) is 32.8 Å². The molecule has 2 saturated heterocycles. The van der Waals surface area contributed by atoms with Gasteiger partial charge in [-0.1, -0.05) is 6.07 Å². The SMILES string of the molecule is O=C(O)c1c(OC2CN(C(=O)C[C@@H]3CNCCO3)C2)ccc(C2C[C@H]2B(O)O)c1O. The number of benzene rings is 1. The summed E-state index contributed by atoms with van der Waals surface area (Å²) in [6, 6.07) is 3.03. The molecule has 2 aliphatic heterocycles. The summed E-state index contributed by atoms with van der Waals surface area (Å²) in [5.41, 5.74) is 0.0152. The Morgan fingerprint density at radius 3 is 2.67 bits per heavy atom. The molecular formula is C19H25BN2O8. The van der Waals surface area contributed by atoms with E-state index in [1.807, 2.05) is 0 Å². The van der Waals surface area contributed by atoms with Crippen LogP contribution in [0.4, 0.5) is 0 Å². The third-order valence-corrected chi connectivity index (χ3v) is 5.91. The van der Waals surface area contributed by atoms with Crippen molar-refractivity contribution in [2.24, 2.45) is 0 Å². The Hall–Kier alpha value is -2.34. The number of carbonyl (C=O) groups is 2. The standard InChI is InChI=1S/C19H25BN2O8/c23-16(5-10-7-21-3-4-29-10)22-8-11(9-22)30-15-2-1-12(13-6-14(13)20(27)28)18(24)17(15)19(25)26/h1-2,10-11,13-14,21,24,27-28H,3-9H2,(H,25,26)/t10-,13?,14-/m1/s1. The zero-order valence-electron chi connectivity index (χ0n) is 16.4. The van der Waals surface area contributed by atoms with E-state index < -0.39 is 24.7 Å². The molecule has 1 aliphatic carbocycles. The summed E-state index contributed by atoms with van der Waals surface area (Å²) in [4.78, 5) is 25.7. The second-order valence-corrected chi connectivity index (χ2v) is 8.04. The van der Waals surface area contributed by atoms with Gasteiger partial charge in [0.15, 0.2) is 0 Å². The molecule has 0 spiro atoms. The van der Waals surface area contributed by atoms with Crippen LogP contribution < -0.4 is 10.1 Å². The minimum atomic E-state index is -1.51. The third kappa shape index (κ3) is 4.24. The zero-order valence-corrected chi connectivity index (χ0v) is 16.4. The Morgan fingerprint density at radius 2 is 2.07 bits per heavy atom. The molecule has 5 N–H and O–H groups in total. The number of hydrogen-bond acceptors (Lipinski definition) is 8. The number of morpholine rings is 1. The van der Waals surface area contributed by atoms with Crippen molar-refractivity contribution in [3.63, 3.8) is 0 Å². The predicted molar refractivity (Wildman–Crippen MR) is 105 cm³/mol. The van der Waals surface area contributed by atoms with Gasteiger partial charge in [-0.3, -0.25) is 4.79 Å². The fourth-order valence-electron chi connectivity index (χ4n) is 4.07. The number of nitrogens with one attached hydrogen (secondary N) is 1. The molecule has 1 saturated carbocycles. The first-order chi connectivity index (χ1) is 14.3. The topological polar surface area (TPSA) is 149 Å². The fourth-order valence-corrected chi connectivity index (χ4v) is 4.07. The molecule has 10 nitrogen and oxygen atoms in total. The molecule has 0 bridgehead atoms.